The molecule has 1 aliphatic carbocycles. The Morgan fingerprint density at radius 3 is 2.65 bits per heavy atom. The minimum atomic E-state index is -3.76. The molecule has 20 heavy (non-hydrogen) atoms. The second-order valence-electron chi connectivity index (χ2n) is 4.58. The minimum Gasteiger partial charge on any atom is -0.258 e. The summed E-state index contributed by atoms with van der Waals surface area (Å²) in [6.45, 7) is 0.326. The number of nitrogens with zero attached hydrogens (tertiary/aromatic N) is 1. The first-order valence-corrected chi connectivity index (χ1v) is 8.87. The number of hydrogen-bond donors (Lipinski definition) is 1. The summed E-state index contributed by atoms with van der Waals surface area (Å²) in [7, 11) is -3.76. The van der Waals surface area contributed by atoms with Crippen LogP contribution in [0.15, 0.2) is 23.1 Å². The van der Waals surface area contributed by atoms with Crippen molar-refractivity contribution in [1.29, 1.82) is 0 Å². The highest BCUT2D eigenvalue weighted by Crippen LogP contribution is 2.46. The van der Waals surface area contributed by atoms with Crippen LogP contribution in [0.1, 0.15) is 12.8 Å². The maximum absolute atomic E-state index is 12.1. The maximum Gasteiger partial charge on any atom is 0.289 e. The van der Waals surface area contributed by atoms with Crippen LogP contribution in [0, 0.1) is 10.1 Å². The lowest BCUT2D eigenvalue weighted by Crippen LogP contribution is -2.31. The summed E-state index contributed by atoms with van der Waals surface area (Å²) in [5.41, 5.74) is -0.416. The van der Waals surface area contributed by atoms with Crippen LogP contribution in [0.3, 0.4) is 0 Å². The Morgan fingerprint density at radius 2 is 2.15 bits per heavy atom. The first-order chi connectivity index (χ1) is 9.30. The van der Waals surface area contributed by atoms with Crippen LogP contribution in [0.2, 0.25) is 5.02 Å². The number of nitro groups is 1. The van der Waals surface area contributed by atoms with Crippen molar-refractivity contribution >= 4 is 39.1 Å². The van der Waals surface area contributed by atoms with E-state index in [1.165, 1.54) is 12.1 Å². The van der Waals surface area contributed by atoms with Crippen LogP contribution in [0.25, 0.3) is 0 Å². The SMILES string of the molecule is CSC1(CNS(=O)(=O)c2ccc(Cl)c([N+](=O)[O-])c2)CC1. The molecule has 1 saturated carbocycles. The molecule has 110 valence electrons. The van der Waals surface area contributed by atoms with Crippen LogP contribution in [0.5, 0.6) is 0 Å². The van der Waals surface area contributed by atoms with E-state index in [0.717, 1.165) is 18.9 Å². The van der Waals surface area contributed by atoms with Gasteiger partial charge < -0.3 is 0 Å². The van der Waals surface area contributed by atoms with Gasteiger partial charge in [0.15, 0.2) is 0 Å². The van der Waals surface area contributed by atoms with Crippen LogP contribution in [-0.4, -0.2) is 30.9 Å². The standard InChI is InChI=1S/C11H13ClN2O4S2/c1-19-11(4-5-11)7-13-20(17,18)8-2-3-9(12)10(6-8)14(15)16/h2-3,6,13H,4-5,7H2,1H3. The third-order valence-corrected chi connectivity index (χ3v) is 6.39. The maximum atomic E-state index is 12.1. The van der Waals surface area contributed by atoms with Gasteiger partial charge in [0, 0.05) is 17.4 Å². The van der Waals surface area contributed by atoms with Crippen molar-refractivity contribution in [3.63, 3.8) is 0 Å². The Labute approximate surface area is 126 Å². The molecule has 1 fully saturated rings. The van der Waals surface area contributed by atoms with Crippen molar-refractivity contribution in [2.45, 2.75) is 22.5 Å². The molecule has 0 atom stereocenters. The van der Waals surface area contributed by atoms with Gasteiger partial charge in [0.1, 0.15) is 5.02 Å². The predicted octanol–water partition coefficient (Wildman–Crippen LogP) is 2.42. The predicted molar refractivity (Wildman–Crippen MR) is 78.8 cm³/mol. The van der Waals surface area contributed by atoms with E-state index >= 15 is 0 Å². The van der Waals surface area contributed by atoms with E-state index in [-0.39, 0.29) is 14.7 Å². The largest absolute Gasteiger partial charge is 0.289 e. The smallest absolute Gasteiger partial charge is 0.258 e. The average molecular weight is 337 g/mol. The van der Waals surface area contributed by atoms with Gasteiger partial charge in [-0.05, 0) is 31.2 Å². The summed E-state index contributed by atoms with van der Waals surface area (Å²) in [5, 5.41) is 10.7. The number of hydrogen-bond acceptors (Lipinski definition) is 5. The Balaban J connectivity index is 2.21. The molecule has 0 aromatic heterocycles. The van der Waals surface area contributed by atoms with Crippen molar-refractivity contribution in [1.82, 2.24) is 4.72 Å². The number of thioether (sulfide) groups is 1. The lowest BCUT2D eigenvalue weighted by atomic mass is 10.3. The molecule has 0 amide bonds. The summed E-state index contributed by atoms with van der Waals surface area (Å²) < 4.78 is 26.7. The van der Waals surface area contributed by atoms with Gasteiger partial charge in [0.05, 0.1) is 9.82 Å². The average Bonchev–Trinajstić information content (AvgIpc) is 3.17. The highest BCUT2D eigenvalue weighted by Gasteiger charge is 2.42. The van der Waals surface area contributed by atoms with E-state index < -0.39 is 20.6 Å². The summed E-state index contributed by atoms with van der Waals surface area (Å²) in [6.07, 6.45) is 3.88. The van der Waals surface area contributed by atoms with Crippen LogP contribution in [0.4, 0.5) is 5.69 Å². The normalized spacial score (nSPS) is 16.9. The van der Waals surface area contributed by atoms with Crippen molar-refractivity contribution < 1.29 is 13.3 Å². The minimum absolute atomic E-state index is 0.0224. The van der Waals surface area contributed by atoms with Gasteiger partial charge in [0.25, 0.3) is 5.69 Å². The van der Waals surface area contributed by atoms with E-state index in [2.05, 4.69) is 4.72 Å². The molecule has 0 bridgehead atoms. The molecule has 0 radical (unpaired) electrons. The van der Waals surface area contributed by atoms with Gasteiger partial charge in [-0.2, -0.15) is 11.8 Å². The Bertz CT molecular complexity index is 644. The molecule has 0 heterocycles. The number of nitro benzene ring substituents is 1. The molecule has 1 aromatic rings. The number of rotatable bonds is 6. The molecule has 1 aromatic carbocycles. The van der Waals surface area contributed by atoms with Gasteiger partial charge >= 0.3 is 0 Å². The first kappa shape index (κ1) is 15.6. The van der Waals surface area contributed by atoms with Crippen LogP contribution < -0.4 is 4.72 Å². The van der Waals surface area contributed by atoms with E-state index in [4.69, 9.17) is 11.6 Å². The first-order valence-electron chi connectivity index (χ1n) is 5.78. The van der Waals surface area contributed by atoms with Crippen molar-refractivity contribution in [3.05, 3.63) is 33.3 Å². The van der Waals surface area contributed by atoms with Crippen LogP contribution in [-0.2, 0) is 10.0 Å². The van der Waals surface area contributed by atoms with Crippen molar-refractivity contribution in [3.8, 4) is 0 Å². The number of nitrogens with one attached hydrogen (secondary N) is 1. The lowest BCUT2D eigenvalue weighted by molar-refractivity contribution is -0.384. The quantitative estimate of drug-likeness (QED) is 0.636. The van der Waals surface area contributed by atoms with Crippen molar-refractivity contribution in [2.24, 2.45) is 0 Å². The zero-order valence-electron chi connectivity index (χ0n) is 10.6. The van der Waals surface area contributed by atoms with E-state index in [1.807, 2.05) is 6.26 Å². The Kier molecular flexibility index (Phi) is 4.29. The molecular weight excluding hydrogens is 324 g/mol. The molecular formula is C11H13ClN2O4S2. The highest BCUT2D eigenvalue weighted by atomic mass is 35.5. The second kappa shape index (κ2) is 5.51. The van der Waals surface area contributed by atoms with Crippen molar-refractivity contribution in [2.75, 3.05) is 12.8 Å². The van der Waals surface area contributed by atoms with Crippen LogP contribution >= 0.6 is 23.4 Å². The lowest BCUT2D eigenvalue weighted by Gasteiger charge is -2.13. The molecule has 0 unspecified atom stereocenters. The zero-order chi connectivity index (χ0) is 15.0. The Morgan fingerprint density at radius 1 is 1.50 bits per heavy atom. The second-order valence-corrected chi connectivity index (χ2v) is 8.03. The van der Waals surface area contributed by atoms with Gasteiger partial charge in [-0.15, -0.1) is 0 Å². The monoisotopic (exact) mass is 336 g/mol. The fourth-order valence-corrected chi connectivity index (χ4v) is 3.85. The van der Waals surface area contributed by atoms with Gasteiger partial charge in [-0.25, -0.2) is 13.1 Å². The van der Waals surface area contributed by atoms with Gasteiger partial charge in [-0.1, -0.05) is 11.6 Å². The van der Waals surface area contributed by atoms with Gasteiger partial charge in [-0.3, -0.25) is 10.1 Å². The molecule has 0 saturated heterocycles. The molecule has 0 aliphatic heterocycles. The molecule has 2 rings (SSSR count). The Hall–Kier alpha value is -0.830. The molecule has 1 N–H and O–H groups in total. The summed E-state index contributed by atoms with van der Waals surface area (Å²) in [4.78, 5) is 9.93. The summed E-state index contributed by atoms with van der Waals surface area (Å²) in [5.74, 6) is 0. The third kappa shape index (κ3) is 3.25. The van der Waals surface area contributed by atoms with E-state index in [0.29, 0.717) is 6.54 Å². The third-order valence-electron chi connectivity index (χ3n) is 3.25. The highest BCUT2D eigenvalue weighted by molar-refractivity contribution is 8.00. The molecule has 1 aliphatic rings. The fraction of sp³-hybridized carbons (Fsp3) is 0.455. The number of halogens is 1. The van der Waals surface area contributed by atoms with Gasteiger partial charge in [0.2, 0.25) is 10.0 Å². The fourth-order valence-electron chi connectivity index (χ4n) is 1.70. The molecule has 0 spiro atoms. The molecule has 9 heteroatoms. The molecule has 6 nitrogen and oxygen atoms in total. The van der Waals surface area contributed by atoms with E-state index in [1.54, 1.807) is 11.8 Å². The number of benzene rings is 1. The number of sulfonamides is 1. The topological polar surface area (TPSA) is 89.3 Å². The summed E-state index contributed by atoms with van der Waals surface area (Å²) in [6, 6.07) is 3.45. The summed E-state index contributed by atoms with van der Waals surface area (Å²) >= 11 is 7.29. The van der Waals surface area contributed by atoms with E-state index in [9.17, 15) is 18.5 Å². The zero-order valence-corrected chi connectivity index (χ0v) is 13.0.